The molecule has 1 amide bonds. The topological polar surface area (TPSA) is 72.2 Å². The summed E-state index contributed by atoms with van der Waals surface area (Å²) in [7, 11) is -1.14. The monoisotopic (exact) mass is 296 g/mol. The van der Waals surface area contributed by atoms with Crippen molar-refractivity contribution in [2.24, 2.45) is 5.92 Å². The molecule has 1 aromatic rings. The molecule has 0 aliphatic rings. The largest absolute Gasteiger partial charge is 0.399 e. The van der Waals surface area contributed by atoms with Gasteiger partial charge in [-0.05, 0) is 49.9 Å². The lowest BCUT2D eigenvalue weighted by Crippen LogP contribution is -2.30. The summed E-state index contributed by atoms with van der Waals surface area (Å²) in [6, 6.07) is 5.31. The summed E-state index contributed by atoms with van der Waals surface area (Å²) in [4.78, 5) is 12.1. The molecule has 0 saturated heterocycles. The second kappa shape index (κ2) is 7.43. The van der Waals surface area contributed by atoms with E-state index < -0.39 is 16.0 Å². The number of anilines is 2. The molecule has 1 aromatic carbocycles. The highest BCUT2D eigenvalue weighted by molar-refractivity contribution is 7.86. The van der Waals surface area contributed by atoms with Crippen LogP contribution in [-0.2, 0) is 15.6 Å². The summed E-state index contributed by atoms with van der Waals surface area (Å²) in [6.07, 6.45) is 0.866. The summed E-state index contributed by atoms with van der Waals surface area (Å²) in [5.74, 6) is 0.848. The third-order valence-electron chi connectivity index (χ3n) is 3.17. The molecule has 0 spiro atoms. The first-order chi connectivity index (χ1) is 9.31. The minimum absolute atomic E-state index is 0.208. The first-order valence-electron chi connectivity index (χ1n) is 6.85. The van der Waals surface area contributed by atoms with E-state index in [-0.39, 0.29) is 5.91 Å². The number of carbonyl (C=O) groups is 1. The molecule has 0 fully saturated rings. The van der Waals surface area contributed by atoms with Crippen LogP contribution in [0.5, 0.6) is 0 Å². The zero-order valence-electron chi connectivity index (χ0n) is 12.6. The molecule has 2 atom stereocenters. The Kier molecular flexibility index (Phi) is 6.20. The predicted octanol–water partition coefficient (Wildman–Crippen LogP) is 2.70. The molecule has 4 nitrogen and oxygen atoms in total. The van der Waals surface area contributed by atoms with Crippen LogP contribution in [-0.4, -0.2) is 21.1 Å². The number of aryl methyl sites for hydroxylation is 1. The first kappa shape index (κ1) is 16.7. The second-order valence-corrected chi connectivity index (χ2v) is 7.35. The Morgan fingerprint density at radius 2 is 2.00 bits per heavy atom. The number of hydrogen-bond acceptors (Lipinski definition) is 3. The van der Waals surface area contributed by atoms with Gasteiger partial charge in [-0.15, -0.1) is 0 Å². The molecule has 0 bridgehead atoms. The maximum Gasteiger partial charge on any atom is 0.239 e. The van der Waals surface area contributed by atoms with Crippen molar-refractivity contribution >= 4 is 28.1 Å². The Balaban J connectivity index is 2.63. The fraction of sp³-hybridized carbons (Fsp3) is 0.533. The van der Waals surface area contributed by atoms with Crippen LogP contribution in [0, 0.1) is 12.8 Å². The van der Waals surface area contributed by atoms with Gasteiger partial charge in [0, 0.05) is 27.9 Å². The summed E-state index contributed by atoms with van der Waals surface area (Å²) >= 11 is 0. The molecule has 2 unspecified atom stereocenters. The smallest absolute Gasteiger partial charge is 0.239 e. The van der Waals surface area contributed by atoms with E-state index in [2.05, 4.69) is 19.2 Å². The Hall–Kier alpha value is -1.36. The SMILES string of the molecule is Cc1cc(N)ccc1NC(=O)C(C)S(=O)CCC(C)C. The maximum atomic E-state index is 12.1. The molecule has 5 heteroatoms. The lowest BCUT2D eigenvalue weighted by molar-refractivity contribution is -0.115. The average Bonchev–Trinajstić information content (AvgIpc) is 2.38. The van der Waals surface area contributed by atoms with E-state index in [9.17, 15) is 9.00 Å². The van der Waals surface area contributed by atoms with Gasteiger partial charge in [0.25, 0.3) is 0 Å². The van der Waals surface area contributed by atoms with Gasteiger partial charge >= 0.3 is 0 Å². The lowest BCUT2D eigenvalue weighted by Gasteiger charge is -2.14. The molecule has 20 heavy (non-hydrogen) atoms. The Morgan fingerprint density at radius 3 is 2.55 bits per heavy atom. The number of rotatable bonds is 6. The van der Waals surface area contributed by atoms with Gasteiger partial charge in [-0.2, -0.15) is 0 Å². The standard InChI is InChI=1S/C15H24N2O2S/c1-10(2)7-8-20(19)12(4)15(18)17-14-6-5-13(16)9-11(14)3/h5-6,9-10,12H,7-8,16H2,1-4H3,(H,17,18). The van der Waals surface area contributed by atoms with Crippen molar-refractivity contribution in [3.05, 3.63) is 23.8 Å². The van der Waals surface area contributed by atoms with Crippen LogP contribution in [0.15, 0.2) is 18.2 Å². The summed E-state index contributed by atoms with van der Waals surface area (Å²) in [5, 5.41) is 2.31. The van der Waals surface area contributed by atoms with E-state index in [0.717, 1.165) is 17.7 Å². The normalized spacial score (nSPS) is 14.1. The highest BCUT2D eigenvalue weighted by Crippen LogP contribution is 2.18. The van der Waals surface area contributed by atoms with E-state index in [1.165, 1.54) is 0 Å². The molecule has 0 aromatic heterocycles. The predicted molar refractivity (Wildman–Crippen MR) is 86.1 cm³/mol. The molecule has 0 heterocycles. The summed E-state index contributed by atoms with van der Waals surface area (Å²) in [5.41, 5.74) is 7.95. The molecule has 112 valence electrons. The van der Waals surface area contributed by atoms with E-state index in [4.69, 9.17) is 5.73 Å². The maximum absolute atomic E-state index is 12.1. The van der Waals surface area contributed by atoms with Crippen LogP contribution in [0.1, 0.15) is 32.8 Å². The third-order valence-corrected chi connectivity index (χ3v) is 4.81. The Labute approximate surface area is 123 Å². The third kappa shape index (κ3) is 4.96. The lowest BCUT2D eigenvalue weighted by atomic mass is 10.2. The van der Waals surface area contributed by atoms with Crippen molar-refractivity contribution in [3.8, 4) is 0 Å². The number of benzene rings is 1. The zero-order valence-corrected chi connectivity index (χ0v) is 13.4. The van der Waals surface area contributed by atoms with Crippen molar-refractivity contribution in [2.75, 3.05) is 16.8 Å². The molecule has 3 N–H and O–H groups in total. The molecule has 0 aliphatic carbocycles. The van der Waals surface area contributed by atoms with Gasteiger partial charge in [0.1, 0.15) is 5.25 Å². The van der Waals surface area contributed by atoms with Crippen molar-refractivity contribution in [3.63, 3.8) is 0 Å². The second-order valence-electron chi connectivity index (χ2n) is 5.47. The molecule has 1 rings (SSSR count). The Bertz CT molecular complexity index is 501. The van der Waals surface area contributed by atoms with E-state index in [1.807, 2.05) is 6.92 Å². The highest BCUT2D eigenvalue weighted by Gasteiger charge is 2.20. The van der Waals surface area contributed by atoms with Crippen molar-refractivity contribution in [1.82, 2.24) is 0 Å². The highest BCUT2D eigenvalue weighted by atomic mass is 32.2. The van der Waals surface area contributed by atoms with Crippen LogP contribution >= 0.6 is 0 Å². The summed E-state index contributed by atoms with van der Waals surface area (Å²) < 4.78 is 12.0. The number of carbonyl (C=O) groups excluding carboxylic acids is 1. The van der Waals surface area contributed by atoms with Gasteiger partial charge in [-0.3, -0.25) is 9.00 Å². The van der Waals surface area contributed by atoms with E-state index >= 15 is 0 Å². The van der Waals surface area contributed by atoms with Crippen LogP contribution in [0.25, 0.3) is 0 Å². The molecular formula is C15H24N2O2S. The Morgan fingerprint density at radius 1 is 1.35 bits per heavy atom. The van der Waals surface area contributed by atoms with Gasteiger partial charge in [0.2, 0.25) is 5.91 Å². The van der Waals surface area contributed by atoms with Crippen molar-refractivity contribution in [2.45, 2.75) is 39.4 Å². The van der Waals surface area contributed by atoms with Gasteiger partial charge in [0.15, 0.2) is 0 Å². The number of nitrogens with two attached hydrogens (primary N) is 1. The van der Waals surface area contributed by atoms with Crippen LogP contribution < -0.4 is 11.1 Å². The molecular weight excluding hydrogens is 272 g/mol. The minimum atomic E-state index is -1.14. The number of nitrogen functional groups attached to an aromatic ring is 1. The van der Waals surface area contributed by atoms with Gasteiger partial charge < -0.3 is 11.1 Å². The van der Waals surface area contributed by atoms with Crippen LogP contribution in [0.3, 0.4) is 0 Å². The van der Waals surface area contributed by atoms with Crippen molar-refractivity contribution in [1.29, 1.82) is 0 Å². The van der Waals surface area contributed by atoms with Crippen LogP contribution in [0.2, 0.25) is 0 Å². The fourth-order valence-corrected chi connectivity index (χ4v) is 3.06. The van der Waals surface area contributed by atoms with Gasteiger partial charge in [-0.1, -0.05) is 13.8 Å². The minimum Gasteiger partial charge on any atom is -0.399 e. The van der Waals surface area contributed by atoms with E-state index in [1.54, 1.807) is 25.1 Å². The zero-order chi connectivity index (χ0) is 15.3. The van der Waals surface area contributed by atoms with Crippen molar-refractivity contribution < 1.29 is 9.00 Å². The molecule has 0 saturated carbocycles. The molecule has 0 radical (unpaired) electrons. The fourth-order valence-electron chi connectivity index (χ4n) is 1.71. The van der Waals surface area contributed by atoms with Gasteiger partial charge in [0.05, 0.1) is 0 Å². The summed E-state index contributed by atoms with van der Waals surface area (Å²) in [6.45, 7) is 7.75. The van der Waals surface area contributed by atoms with Gasteiger partial charge in [-0.25, -0.2) is 0 Å². The number of nitrogens with one attached hydrogen (secondary N) is 1. The van der Waals surface area contributed by atoms with Crippen LogP contribution in [0.4, 0.5) is 11.4 Å². The molecule has 0 aliphatic heterocycles. The quantitative estimate of drug-likeness (QED) is 0.793. The number of amides is 1. The van der Waals surface area contributed by atoms with E-state index in [0.29, 0.717) is 17.4 Å². The number of hydrogen-bond donors (Lipinski definition) is 2. The average molecular weight is 296 g/mol. The first-order valence-corrected chi connectivity index (χ1v) is 8.23.